The van der Waals surface area contributed by atoms with Gasteiger partial charge in [-0.25, -0.2) is 0 Å². The second-order valence-electron chi connectivity index (χ2n) is 15.9. The largest absolute Gasteiger partial charge is 0.456 e. The molecule has 2 aliphatic rings. The number of rotatable bonds is 3. The Kier molecular flexibility index (Phi) is 7.14. The monoisotopic (exact) mass is 803 g/mol. The molecule has 0 amide bonds. The molecule has 60 heavy (non-hydrogen) atoms. The summed E-state index contributed by atoms with van der Waals surface area (Å²) in [6.07, 6.45) is 0. The highest BCUT2D eigenvalue weighted by molar-refractivity contribution is 7.99. The van der Waals surface area contributed by atoms with Crippen molar-refractivity contribution in [2.45, 2.75) is 15.2 Å². The molecule has 0 radical (unpaired) electrons. The van der Waals surface area contributed by atoms with Gasteiger partial charge in [0.15, 0.2) is 7.14 Å². The van der Waals surface area contributed by atoms with Crippen molar-refractivity contribution in [1.29, 1.82) is 0 Å². The number of furan rings is 1. The number of hydrogen-bond acceptors (Lipinski definition) is 3. The van der Waals surface area contributed by atoms with Gasteiger partial charge in [0.2, 0.25) is 0 Å². The maximum absolute atomic E-state index is 16.5. The zero-order valence-corrected chi connectivity index (χ0v) is 34.0. The first-order valence-corrected chi connectivity index (χ1v) is 22.9. The van der Waals surface area contributed by atoms with Gasteiger partial charge in [-0.2, -0.15) is 0 Å². The summed E-state index contributed by atoms with van der Waals surface area (Å²) >= 11 is 1.83. The Hall–Kier alpha value is -6.84. The normalized spacial score (nSPS) is 17.8. The third-order valence-corrected chi connectivity index (χ3v) is 17.2. The summed E-state index contributed by atoms with van der Waals surface area (Å²) in [6, 6.07) is 73.3. The van der Waals surface area contributed by atoms with Gasteiger partial charge in [0.05, 0.1) is 16.4 Å². The van der Waals surface area contributed by atoms with Crippen LogP contribution in [-0.2, 0) is 9.98 Å². The molecule has 0 N–H and O–H groups in total. The molecule has 2 unspecified atom stereocenters. The second kappa shape index (κ2) is 12.6. The van der Waals surface area contributed by atoms with Gasteiger partial charge in [-0.05, 0) is 88.0 Å². The SMILES string of the molecule is O=P1(c2ccccc2)c2ccccc2C2(c3ccccc3Sc3cc(-c4ccc5c6ccccc6n(-c6ccccc6)c5c4)ccc32)c2cc3c(cc21)oc1ccccc13. The molecule has 13 rings (SSSR count). The first-order valence-electron chi connectivity index (χ1n) is 20.4. The van der Waals surface area contributed by atoms with Gasteiger partial charge in [-0.15, -0.1) is 0 Å². The van der Waals surface area contributed by atoms with Crippen LogP contribution in [-0.4, -0.2) is 4.57 Å². The van der Waals surface area contributed by atoms with Crippen LogP contribution < -0.4 is 15.9 Å². The van der Waals surface area contributed by atoms with Crippen LogP contribution in [0.3, 0.4) is 0 Å². The van der Waals surface area contributed by atoms with Crippen LogP contribution >= 0.6 is 18.9 Å². The van der Waals surface area contributed by atoms with Crippen molar-refractivity contribution in [3.63, 3.8) is 0 Å². The molecule has 3 nitrogen and oxygen atoms in total. The molecule has 0 saturated carbocycles. The van der Waals surface area contributed by atoms with Crippen molar-refractivity contribution < 1.29 is 8.98 Å². The molecule has 282 valence electrons. The van der Waals surface area contributed by atoms with Crippen LogP contribution in [0.2, 0.25) is 0 Å². The van der Waals surface area contributed by atoms with Crippen LogP contribution in [0.15, 0.2) is 220 Å². The zero-order valence-electron chi connectivity index (χ0n) is 32.2. The first kappa shape index (κ1) is 34.1. The number of para-hydroxylation sites is 3. The minimum Gasteiger partial charge on any atom is -0.456 e. The van der Waals surface area contributed by atoms with E-state index in [1.54, 1.807) is 0 Å². The van der Waals surface area contributed by atoms with Crippen LogP contribution in [0.4, 0.5) is 0 Å². The Morgan fingerprint density at radius 3 is 1.95 bits per heavy atom. The van der Waals surface area contributed by atoms with Crippen LogP contribution in [0.5, 0.6) is 0 Å². The third kappa shape index (κ3) is 4.50. The minimum atomic E-state index is -3.40. The number of nitrogens with zero attached hydrogens (tertiary/aromatic N) is 1. The van der Waals surface area contributed by atoms with Crippen LogP contribution in [0, 0.1) is 0 Å². The highest BCUT2D eigenvalue weighted by atomic mass is 32.2. The van der Waals surface area contributed by atoms with Crippen molar-refractivity contribution in [2.24, 2.45) is 0 Å². The molecule has 0 bridgehead atoms. The molecule has 2 aromatic heterocycles. The molecule has 11 aromatic rings. The number of benzene rings is 9. The number of hydrogen-bond donors (Lipinski definition) is 0. The Bertz CT molecular complexity index is 3620. The van der Waals surface area contributed by atoms with Crippen molar-refractivity contribution >= 4 is 78.6 Å². The standard InChI is InChI=1S/C55H34NO2PS/c57-59(38-17-5-2-6-18-38)51-25-13-9-21-43(51)55(46-33-42-41-20-8-12-24-49(41)58-50(42)34-52(46)59)44-22-10-14-26-53(44)60-54-32-36(28-30-45(54)55)35-27-29-40-39-19-7-11-23-47(39)56(48(40)31-35)37-15-3-1-4-16-37/h1-34H. The predicted molar refractivity (Wildman–Crippen MR) is 249 cm³/mol. The summed E-state index contributed by atoms with van der Waals surface area (Å²) in [4.78, 5) is 2.38. The average Bonchev–Trinajstić information content (AvgIpc) is 3.85. The maximum Gasteiger partial charge on any atom is 0.171 e. The number of aromatic nitrogens is 1. The topological polar surface area (TPSA) is 35.1 Å². The first-order chi connectivity index (χ1) is 29.6. The van der Waals surface area contributed by atoms with Gasteiger partial charge in [0.1, 0.15) is 11.2 Å². The quantitative estimate of drug-likeness (QED) is 0.167. The Morgan fingerprint density at radius 1 is 0.433 bits per heavy atom. The molecule has 0 aliphatic carbocycles. The van der Waals surface area contributed by atoms with Gasteiger partial charge < -0.3 is 13.5 Å². The zero-order chi connectivity index (χ0) is 39.6. The van der Waals surface area contributed by atoms with Gasteiger partial charge in [0, 0.05) is 52.9 Å². The minimum absolute atomic E-state index is 0.748. The smallest absolute Gasteiger partial charge is 0.171 e. The van der Waals surface area contributed by atoms with Crippen molar-refractivity contribution in [3.05, 3.63) is 229 Å². The summed E-state index contributed by atoms with van der Waals surface area (Å²) in [5.41, 5.74) is 11.1. The Balaban J connectivity index is 1.11. The highest BCUT2D eigenvalue weighted by Gasteiger charge is 2.54. The van der Waals surface area contributed by atoms with E-state index < -0.39 is 12.6 Å². The molecule has 9 aromatic carbocycles. The van der Waals surface area contributed by atoms with E-state index in [-0.39, 0.29) is 0 Å². The fourth-order valence-electron chi connectivity index (χ4n) is 10.4. The summed E-state index contributed by atoms with van der Waals surface area (Å²) in [5, 5.41) is 7.07. The van der Waals surface area contributed by atoms with Gasteiger partial charge in [0.25, 0.3) is 0 Å². The maximum atomic E-state index is 16.5. The van der Waals surface area contributed by atoms with Gasteiger partial charge in [-0.1, -0.05) is 163 Å². The van der Waals surface area contributed by atoms with E-state index in [0.29, 0.717) is 0 Å². The van der Waals surface area contributed by atoms with E-state index in [0.717, 1.165) is 65.8 Å². The molecule has 2 atom stereocenters. The predicted octanol–water partition coefficient (Wildman–Crippen LogP) is 13.2. The van der Waals surface area contributed by atoms with Gasteiger partial charge in [-0.3, -0.25) is 0 Å². The Labute approximate surface area is 350 Å². The summed E-state index contributed by atoms with van der Waals surface area (Å²) in [5.74, 6) is 0. The van der Waals surface area contributed by atoms with Crippen LogP contribution in [0.1, 0.15) is 22.3 Å². The lowest BCUT2D eigenvalue weighted by Gasteiger charge is -2.47. The van der Waals surface area contributed by atoms with E-state index in [1.807, 2.05) is 60.3 Å². The lowest BCUT2D eigenvalue weighted by molar-refractivity contribution is 0.589. The van der Waals surface area contributed by atoms with Crippen molar-refractivity contribution in [2.75, 3.05) is 0 Å². The fourth-order valence-corrected chi connectivity index (χ4v) is 14.8. The molecule has 0 saturated heterocycles. The number of fused-ring (bicyclic) bond motifs is 14. The van der Waals surface area contributed by atoms with E-state index in [9.17, 15) is 0 Å². The van der Waals surface area contributed by atoms with E-state index in [4.69, 9.17) is 4.42 Å². The Morgan fingerprint density at radius 2 is 1.08 bits per heavy atom. The molecule has 0 fully saturated rings. The van der Waals surface area contributed by atoms with Crippen LogP contribution in [0.25, 0.3) is 60.6 Å². The van der Waals surface area contributed by atoms with E-state index >= 15 is 4.57 Å². The van der Waals surface area contributed by atoms with E-state index in [1.165, 1.54) is 42.7 Å². The van der Waals surface area contributed by atoms with Gasteiger partial charge >= 0.3 is 0 Å². The lowest BCUT2D eigenvalue weighted by atomic mass is 9.64. The highest BCUT2D eigenvalue weighted by Crippen LogP contribution is 2.62. The molecular weight excluding hydrogens is 770 g/mol. The average molecular weight is 804 g/mol. The molecule has 4 heterocycles. The second-order valence-corrected chi connectivity index (χ2v) is 19.7. The molecular formula is C55H34NO2PS. The molecule has 1 spiro atoms. The summed E-state index contributed by atoms with van der Waals surface area (Å²) < 4.78 is 25.4. The summed E-state index contributed by atoms with van der Waals surface area (Å²) in [7, 11) is -3.40. The lowest BCUT2D eigenvalue weighted by Crippen LogP contribution is -2.48. The summed E-state index contributed by atoms with van der Waals surface area (Å²) in [6.45, 7) is 0. The van der Waals surface area contributed by atoms with Crippen molar-refractivity contribution in [3.8, 4) is 16.8 Å². The third-order valence-electron chi connectivity index (χ3n) is 12.9. The van der Waals surface area contributed by atoms with Crippen molar-refractivity contribution in [1.82, 2.24) is 4.57 Å². The fraction of sp³-hybridized carbons (Fsp3) is 0.0182. The molecule has 5 heteroatoms. The molecule has 2 aliphatic heterocycles. The van der Waals surface area contributed by atoms with E-state index in [2.05, 4.69) is 162 Å².